The molecule has 0 aliphatic heterocycles. The van der Waals surface area contributed by atoms with Crippen molar-refractivity contribution in [3.63, 3.8) is 0 Å². The first-order valence-corrected chi connectivity index (χ1v) is 12.5. The van der Waals surface area contributed by atoms with Crippen molar-refractivity contribution in [3.8, 4) is 0 Å². The summed E-state index contributed by atoms with van der Waals surface area (Å²) < 4.78 is 0. The molecule has 4 aliphatic rings. The van der Waals surface area contributed by atoms with Gasteiger partial charge in [0.1, 0.15) is 5.78 Å². The number of fused-ring (bicyclic) bond motifs is 4. The van der Waals surface area contributed by atoms with Gasteiger partial charge in [-0.05, 0) is 72.2 Å². The van der Waals surface area contributed by atoms with Crippen molar-refractivity contribution in [2.45, 2.75) is 98.7 Å². The normalized spacial score (nSPS) is 45.3. The highest BCUT2D eigenvalue weighted by Gasteiger charge is 2.70. The van der Waals surface area contributed by atoms with Crippen LogP contribution in [0, 0.1) is 39.4 Å². The molecule has 2 saturated carbocycles. The zero-order chi connectivity index (χ0) is 24.7. The van der Waals surface area contributed by atoms with Crippen LogP contribution in [0.4, 0.5) is 0 Å². The second-order valence-electron chi connectivity index (χ2n) is 12.7. The highest BCUT2D eigenvalue weighted by atomic mass is 16.4. The van der Waals surface area contributed by atoms with Crippen molar-refractivity contribution in [2.24, 2.45) is 39.4 Å². The number of allylic oxidation sites excluding steroid dienone is 1. The fourth-order valence-corrected chi connectivity index (χ4v) is 8.65. The SMILES string of the molecule is C[C@H](CCC(=O)O)[C@H]1CC(=O)[C@@]2(C)C3=C(C(=O)C[C@]12C)[C@@]1(C)CC[C@H](O)C(C)(C)[C@H]1C[C@@H]3O. The molecule has 6 nitrogen and oxygen atoms in total. The number of aliphatic carboxylic acids is 1. The molecule has 0 aromatic carbocycles. The van der Waals surface area contributed by atoms with E-state index in [-0.39, 0.29) is 42.2 Å². The van der Waals surface area contributed by atoms with Gasteiger partial charge in [-0.25, -0.2) is 0 Å². The van der Waals surface area contributed by atoms with Crippen LogP contribution < -0.4 is 0 Å². The number of carboxylic acid groups (broad SMARTS) is 1. The Labute approximate surface area is 196 Å². The van der Waals surface area contributed by atoms with Gasteiger partial charge >= 0.3 is 5.97 Å². The summed E-state index contributed by atoms with van der Waals surface area (Å²) >= 11 is 0. The molecule has 0 aromatic heterocycles. The largest absolute Gasteiger partial charge is 0.481 e. The summed E-state index contributed by atoms with van der Waals surface area (Å²) in [6.07, 6.45) is 1.38. The van der Waals surface area contributed by atoms with Gasteiger partial charge in [0.2, 0.25) is 0 Å². The second-order valence-corrected chi connectivity index (χ2v) is 12.7. The van der Waals surface area contributed by atoms with Gasteiger partial charge in [0, 0.05) is 24.8 Å². The van der Waals surface area contributed by atoms with E-state index in [1.54, 1.807) is 0 Å². The number of aliphatic hydroxyl groups excluding tert-OH is 2. The summed E-state index contributed by atoms with van der Waals surface area (Å²) in [5.41, 5.74) is -1.23. The van der Waals surface area contributed by atoms with E-state index in [0.29, 0.717) is 43.3 Å². The molecular formula is C27H40O6. The minimum absolute atomic E-state index is 0.0142. The number of hydrogen-bond donors (Lipinski definition) is 3. The first-order valence-electron chi connectivity index (χ1n) is 12.5. The highest BCUT2D eigenvalue weighted by Crippen LogP contribution is 2.70. The quantitative estimate of drug-likeness (QED) is 0.586. The Hall–Kier alpha value is -1.53. The molecule has 0 unspecified atom stereocenters. The van der Waals surface area contributed by atoms with Crippen LogP contribution in [0.15, 0.2) is 11.1 Å². The van der Waals surface area contributed by atoms with Crippen LogP contribution in [0.1, 0.15) is 86.5 Å². The van der Waals surface area contributed by atoms with Gasteiger partial charge < -0.3 is 15.3 Å². The maximum absolute atomic E-state index is 13.9. The number of carboxylic acids is 1. The third-order valence-corrected chi connectivity index (χ3v) is 10.9. The molecule has 6 heteroatoms. The highest BCUT2D eigenvalue weighted by molar-refractivity contribution is 6.05. The third kappa shape index (κ3) is 3.09. The van der Waals surface area contributed by atoms with E-state index in [1.165, 1.54) is 0 Å². The van der Waals surface area contributed by atoms with E-state index in [1.807, 2.05) is 34.6 Å². The number of hydrogen-bond acceptors (Lipinski definition) is 5. The molecule has 0 spiro atoms. The lowest BCUT2D eigenvalue weighted by Crippen LogP contribution is -2.60. The molecule has 4 rings (SSSR count). The Kier molecular flexibility index (Phi) is 5.58. The molecule has 0 heterocycles. The van der Waals surface area contributed by atoms with Crippen LogP contribution in [-0.2, 0) is 14.4 Å². The molecule has 0 bridgehead atoms. The predicted octanol–water partition coefficient (Wildman–Crippen LogP) is 3.93. The van der Waals surface area contributed by atoms with E-state index < -0.39 is 39.8 Å². The van der Waals surface area contributed by atoms with E-state index >= 15 is 0 Å². The number of aliphatic hydroxyl groups is 2. The summed E-state index contributed by atoms with van der Waals surface area (Å²) in [5.74, 6) is -0.940. The Morgan fingerprint density at radius 2 is 1.76 bits per heavy atom. The summed E-state index contributed by atoms with van der Waals surface area (Å²) in [6, 6.07) is 0. The second kappa shape index (κ2) is 7.48. The average molecular weight is 461 g/mol. The number of carbonyl (C=O) groups is 3. The van der Waals surface area contributed by atoms with Gasteiger partial charge in [0.15, 0.2) is 5.78 Å². The standard InChI is InChI=1S/C27H40O6/c1-14(7-8-21(32)33)15-11-20(31)27(6)23-16(28)12-18-24(2,3)19(30)9-10-25(18,4)22(23)17(29)13-26(15,27)5/h14-16,18-19,28,30H,7-13H2,1-6H3,(H,32,33)/t14-,15-,16+,18-,19+,25+,26-,27+/m1/s1. The molecule has 0 radical (unpaired) electrons. The monoisotopic (exact) mass is 460 g/mol. The van der Waals surface area contributed by atoms with Crippen molar-refractivity contribution >= 4 is 17.5 Å². The maximum Gasteiger partial charge on any atom is 0.303 e. The lowest BCUT2D eigenvalue weighted by Gasteiger charge is -2.61. The summed E-state index contributed by atoms with van der Waals surface area (Å²) in [7, 11) is 0. The van der Waals surface area contributed by atoms with Crippen molar-refractivity contribution < 1.29 is 29.7 Å². The van der Waals surface area contributed by atoms with Gasteiger partial charge in [0.25, 0.3) is 0 Å². The Bertz CT molecular complexity index is 933. The van der Waals surface area contributed by atoms with Crippen LogP contribution in [0.2, 0.25) is 0 Å². The smallest absolute Gasteiger partial charge is 0.303 e. The number of rotatable bonds is 4. The van der Waals surface area contributed by atoms with Crippen molar-refractivity contribution in [1.82, 2.24) is 0 Å². The van der Waals surface area contributed by atoms with Gasteiger partial charge in [-0.1, -0.05) is 34.6 Å². The van der Waals surface area contributed by atoms with Crippen LogP contribution in [-0.4, -0.2) is 45.1 Å². The van der Waals surface area contributed by atoms with Crippen molar-refractivity contribution in [3.05, 3.63) is 11.1 Å². The number of Topliss-reactive ketones (excluding diaryl/α,β-unsaturated/α-hetero) is 2. The molecule has 2 fully saturated rings. The van der Waals surface area contributed by atoms with E-state index in [4.69, 9.17) is 5.11 Å². The molecule has 4 aliphatic carbocycles. The van der Waals surface area contributed by atoms with Crippen LogP contribution >= 0.6 is 0 Å². The minimum Gasteiger partial charge on any atom is -0.481 e. The van der Waals surface area contributed by atoms with E-state index in [9.17, 15) is 24.6 Å². The lowest BCUT2D eigenvalue weighted by atomic mass is 9.42. The van der Waals surface area contributed by atoms with Gasteiger partial charge in [0.05, 0.1) is 17.6 Å². The van der Waals surface area contributed by atoms with Crippen LogP contribution in [0.5, 0.6) is 0 Å². The molecule has 0 aromatic rings. The molecule has 0 saturated heterocycles. The van der Waals surface area contributed by atoms with E-state index in [0.717, 1.165) is 0 Å². The maximum atomic E-state index is 13.9. The topological polar surface area (TPSA) is 112 Å². The zero-order valence-electron chi connectivity index (χ0n) is 20.9. The molecule has 33 heavy (non-hydrogen) atoms. The van der Waals surface area contributed by atoms with Crippen molar-refractivity contribution in [1.29, 1.82) is 0 Å². The summed E-state index contributed by atoms with van der Waals surface area (Å²) in [6.45, 7) is 12.1. The first-order chi connectivity index (χ1) is 15.1. The van der Waals surface area contributed by atoms with E-state index in [2.05, 4.69) is 6.92 Å². The molecule has 184 valence electrons. The Morgan fingerprint density at radius 1 is 1.12 bits per heavy atom. The zero-order valence-corrected chi connectivity index (χ0v) is 20.9. The van der Waals surface area contributed by atoms with Gasteiger partial charge in [-0.15, -0.1) is 0 Å². The molecule has 0 amide bonds. The minimum atomic E-state index is -0.938. The Balaban J connectivity index is 1.85. The van der Waals surface area contributed by atoms with Crippen molar-refractivity contribution in [2.75, 3.05) is 0 Å². The van der Waals surface area contributed by atoms with Gasteiger partial charge in [-0.3, -0.25) is 14.4 Å². The molecule has 3 N–H and O–H groups in total. The summed E-state index contributed by atoms with van der Waals surface area (Å²) in [5, 5.41) is 31.4. The van der Waals surface area contributed by atoms with Gasteiger partial charge in [-0.2, -0.15) is 0 Å². The summed E-state index contributed by atoms with van der Waals surface area (Å²) in [4.78, 5) is 38.8. The predicted molar refractivity (Wildman–Crippen MR) is 123 cm³/mol. The molecular weight excluding hydrogens is 420 g/mol. The Morgan fingerprint density at radius 3 is 2.36 bits per heavy atom. The fraction of sp³-hybridized carbons (Fsp3) is 0.815. The van der Waals surface area contributed by atoms with Crippen LogP contribution in [0.25, 0.3) is 0 Å². The first kappa shape index (κ1) is 24.6. The average Bonchev–Trinajstić information content (AvgIpc) is 2.92. The van der Waals surface area contributed by atoms with Crippen LogP contribution in [0.3, 0.4) is 0 Å². The lowest BCUT2D eigenvalue weighted by molar-refractivity contribution is -0.142. The third-order valence-electron chi connectivity index (χ3n) is 10.9. The fourth-order valence-electron chi connectivity index (χ4n) is 8.65. The number of carbonyl (C=O) groups excluding carboxylic acids is 2. The number of ketones is 2. The molecule has 8 atom stereocenters.